The van der Waals surface area contributed by atoms with Crippen LogP contribution in [0.5, 0.6) is 11.5 Å². The van der Waals surface area contributed by atoms with Crippen molar-refractivity contribution in [2.24, 2.45) is 0 Å². The largest absolute Gasteiger partial charge is 0.493 e. The standard InChI is InChI=1S/C22H21NO6S3/c1-28-16-12-14(8-9-15(16)29-21(27)17-6-5-11-31-17)13-18-20(26)23(22(30)32-18)10-4-2-3-7-19(24)25/h5-6,8-9,11-13H,2-4,7,10H2,1H3,(H,24,25)/b18-13-. The van der Waals surface area contributed by atoms with Gasteiger partial charge in [-0.2, -0.15) is 0 Å². The first kappa shape index (κ1) is 24.0. The van der Waals surface area contributed by atoms with E-state index < -0.39 is 11.9 Å². The zero-order chi connectivity index (χ0) is 23.1. The second kappa shape index (κ2) is 11.3. The number of amides is 1. The van der Waals surface area contributed by atoms with Crippen LogP contribution in [0.2, 0.25) is 0 Å². The zero-order valence-electron chi connectivity index (χ0n) is 17.2. The number of carboxylic acid groups (broad SMARTS) is 1. The third-order valence-corrected chi connectivity index (χ3v) is 6.78. The average molecular weight is 492 g/mol. The molecule has 0 spiro atoms. The number of nitrogens with zero attached hydrogens (tertiary/aromatic N) is 1. The van der Waals surface area contributed by atoms with Gasteiger partial charge in [-0.1, -0.05) is 42.5 Å². The van der Waals surface area contributed by atoms with Crippen molar-refractivity contribution in [3.05, 3.63) is 51.1 Å². The van der Waals surface area contributed by atoms with E-state index >= 15 is 0 Å². The molecule has 7 nitrogen and oxygen atoms in total. The lowest BCUT2D eigenvalue weighted by atomic mass is 10.1. The minimum atomic E-state index is -0.818. The molecule has 0 aliphatic carbocycles. The van der Waals surface area contributed by atoms with E-state index in [0.717, 1.165) is 0 Å². The van der Waals surface area contributed by atoms with Gasteiger partial charge in [-0.05, 0) is 48.1 Å². The molecule has 0 unspecified atom stereocenters. The molecule has 1 N–H and O–H groups in total. The van der Waals surface area contributed by atoms with E-state index in [9.17, 15) is 14.4 Å². The van der Waals surface area contributed by atoms with E-state index in [1.54, 1.807) is 46.7 Å². The zero-order valence-corrected chi connectivity index (χ0v) is 19.7. The number of ether oxygens (including phenoxy) is 2. The van der Waals surface area contributed by atoms with Crippen molar-refractivity contribution >= 4 is 63.6 Å². The Bertz CT molecular complexity index is 1050. The maximum Gasteiger partial charge on any atom is 0.353 e. The topological polar surface area (TPSA) is 93.1 Å². The predicted molar refractivity (Wildman–Crippen MR) is 128 cm³/mol. The fourth-order valence-corrected chi connectivity index (χ4v) is 4.88. The monoisotopic (exact) mass is 491 g/mol. The van der Waals surface area contributed by atoms with Crippen LogP contribution in [0.1, 0.15) is 40.9 Å². The summed E-state index contributed by atoms with van der Waals surface area (Å²) in [5.74, 6) is -0.795. The number of rotatable bonds is 10. The van der Waals surface area contributed by atoms with Crippen molar-refractivity contribution < 1.29 is 29.0 Å². The lowest BCUT2D eigenvalue weighted by Gasteiger charge is -2.13. The fraction of sp³-hybridized carbons (Fsp3) is 0.273. The van der Waals surface area contributed by atoms with Crippen molar-refractivity contribution in [3.8, 4) is 11.5 Å². The second-order valence-electron chi connectivity index (χ2n) is 6.81. The maximum absolute atomic E-state index is 12.7. The molecular weight excluding hydrogens is 470 g/mol. The number of esters is 1. The van der Waals surface area contributed by atoms with E-state index in [1.807, 2.05) is 0 Å². The Hall–Kier alpha value is -2.69. The highest BCUT2D eigenvalue weighted by Crippen LogP contribution is 2.35. The summed E-state index contributed by atoms with van der Waals surface area (Å²) in [5.41, 5.74) is 0.708. The van der Waals surface area contributed by atoms with Gasteiger partial charge in [-0.3, -0.25) is 14.5 Å². The number of carbonyl (C=O) groups excluding carboxylic acids is 2. The lowest BCUT2D eigenvalue weighted by molar-refractivity contribution is -0.137. The quantitative estimate of drug-likeness (QED) is 0.166. The van der Waals surface area contributed by atoms with E-state index in [1.165, 1.54) is 30.2 Å². The summed E-state index contributed by atoms with van der Waals surface area (Å²) >= 11 is 7.85. The molecule has 32 heavy (non-hydrogen) atoms. The van der Waals surface area contributed by atoms with Crippen LogP contribution >= 0.6 is 35.3 Å². The van der Waals surface area contributed by atoms with Gasteiger partial charge in [0.2, 0.25) is 0 Å². The number of thiocarbonyl (C=S) groups is 1. The van der Waals surface area contributed by atoms with Crippen LogP contribution in [0.15, 0.2) is 40.6 Å². The summed E-state index contributed by atoms with van der Waals surface area (Å²) in [6, 6.07) is 8.50. The average Bonchev–Trinajstić information content (AvgIpc) is 3.39. The Balaban J connectivity index is 1.65. The predicted octanol–water partition coefficient (Wildman–Crippen LogP) is 4.82. The van der Waals surface area contributed by atoms with Gasteiger partial charge in [0.15, 0.2) is 11.5 Å². The number of benzene rings is 1. The van der Waals surface area contributed by atoms with Gasteiger partial charge in [-0.15, -0.1) is 11.3 Å². The van der Waals surface area contributed by atoms with E-state index in [0.29, 0.717) is 51.2 Å². The molecule has 0 radical (unpaired) electrons. The molecule has 0 bridgehead atoms. The molecule has 1 amide bonds. The number of carbonyl (C=O) groups is 3. The van der Waals surface area contributed by atoms with Crippen LogP contribution in [-0.4, -0.2) is 45.8 Å². The Morgan fingerprint density at radius 3 is 2.69 bits per heavy atom. The highest BCUT2D eigenvalue weighted by molar-refractivity contribution is 8.26. The molecule has 10 heteroatoms. The van der Waals surface area contributed by atoms with Gasteiger partial charge < -0.3 is 14.6 Å². The molecule has 1 saturated heterocycles. The Morgan fingerprint density at radius 2 is 2.00 bits per heavy atom. The molecule has 3 rings (SSSR count). The van der Waals surface area contributed by atoms with Gasteiger partial charge in [0.25, 0.3) is 5.91 Å². The summed E-state index contributed by atoms with van der Waals surface area (Å²) < 4.78 is 11.3. The second-order valence-corrected chi connectivity index (χ2v) is 9.44. The van der Waals surface area contributed by atoms with Gasteiger partial charge >= 0.3 is 11.9 Å². The minimum Gasteiger partial charge on any atom is -0.493 e. The van der Waals surface area contributed by atoms with E-state index in [2.05, 4.69) is 0 Å². The first-order valence-corrected chi connectivity index (χ1v) is 11.9. The summed E-state index contributed by atoms with van der Waals surface area (Å²) in [7, 11) is 1.48. The molecule has 1 aliphatic heterocycles. The molecule has 1 fully saturated rings. The molecular formula is C22H21NO6S3. The summed E-state index contributed by atoms with van der Waals surface area (Å²) in [6.45, 7) is 0.461. The van der Waals surface area contributed by atoms with Crippen molar-refractivity contribution in [3.63, 3.8) is 0 Å². The number of carboxylic acids is 1. The van der Waals surface area contributed by atoms with Crippen molar-refractivity contribution in [2.75, 3.05) is 13.7 Å². The first-order valence-electron chi connectivity index (χ1n) is 9.80. The van der Waals surface area contributed by atoms with Crippen molar-refractivity contribution in [1.29, 1.82) is 0 Å². The molecule has 2 aromatic rings. The first-order chi connectivity index (χ1) is 15.4. The van der Waals surface area contributed by atoms with E-state index in [-0.39, 0.29) is 18.1 Å². The lowest BCUT2D eigenvalue weighted by Crippen LogP contribution is -2.29. The normalized spacial score (nSPS) is 14.8. The summed E-state index contributed by atoms with van der Waals surface area (Å²) in [6.07, 6.45) is 3.81. The third-order valence-electron chi connectivity index (χ3n) is 4.56. The van der Waals surface area contributed by atoms with Gasteiger partial charge in [-0.25, -0.2) is 4.79 Å². The highest BCUT2D eigenvalue weighted by atomic mass is 32.2. The SMILES string of the molecule is COc1cc(/C=C2\SC(=S)N(CCCCCC(=O)O)C2=O)ccc1OC(=O)c1cccs1. The Kier molecular flexibility index (Phi) is 8.43. The summed E-state index contributed by atoms with van der Waals surface area (Å²) in [5, 5.41) is 10.5. The number of unbranched alkanes of at least 4 members (excludes halogenated alkanes) is 2. The van der Waals surface area contributed by atoms with Crippen LogP contribution < -0.4 is 9.47 Å². The molecule has 1 aromatic heterocycles. The molecule has 168 valence electrons. The molecule has 0 saturated carbocycles. The molecule has 2 heterocycles. The van der Waals surface area contributed by atoms with Crippen LogP contribution in [0.3, 0.4) is 0 Å². The number of hydrogen-bond acceptors (Lipinski definition) is 8. The van der Waals surface area contributed by atoms with Crippen LogP contribution in [0.25, 0.3) is 6.08 Å². The van der Waals surface area contributed by atoms with Crippen LogP contribution in [-0.2, 0) is 9.59 Å². The number of thioether (sulfide) groups is 1. The van der Waals surface area contributed by atoms with Gasteiger partial charge in [0.05, 0.1) is 12.0 Å². The Morgan fingerprint density at radius 1 is 1.19 bits per heavy atom. The summed E-state index contributed by atoms with van der Waals surface area (Å²) in [4.78, 5) is 38.1. The number of aliphatic carboxylic acids is 1. The number of methoxy groups -OCH3 is 1. The van der Waals surface area contributed by atoms with Gasteiger partial charge in [0, 0.05) is 13.0 Å². The van der Waals surface area contributed by atoms with Crippen LogP contribution in [0.4, 0.5) is 0 Å². The molecule has 1 aliphatic rings. The minimum absolute atomic E-state index is 0.124. The van der Waals surface area contributed by atoms with Crippen LogP contribution in [0, 0.1) is 0 Å². The van der Waals surface area contributed by atoms with Gasteiger partial charge in [0.1, 0.15) is 9.20 Å². The smallest absolute Gasteiger partial charge is 0.353 e. The van der Waals surface area contributed by atoms with E-state index in [4.69, 9.17) is 26.8 Å². The highest BCUT2D eigenvalue weighted by Gasteiger charge is 2.31. The van der Waals surface area contributed by atoms with Crippen molar-refractivity contribution in [1.82, 2.24) is 4.90 Å². The number of hydrogen-bond donors (Lipinski definition) is 1. The molecule has 1 aromatic carbocycles. The Labute approximate surface area is 199 Å². The number of thiophene rings is 1. The third kappa shape index (κ3) is 6.18. The maximum atomic E-state index is 12.7. The van der Waals surface area contributed by atoms with Crippen molar-refractivity contribution in [2.45, 2.75) is 25.7 Å². The fourth-order valence-electron chi connectivity index (χ4n) is 2.97. The molecule has 0 atom stereocenters.